The zero-order chi connectivity index (χ0) is 12.3. The predicted octanol–water partition coefficient (Wildman–Crippen LogP) is 2.45. The van der Waals surface area contributed by atoms with Crippen LogP contribution in [0.4, 0.5) is 4.39 Å². The van der Waals surface area contributed by atoms with E-state index in [1.165, 1.54) is 6.07 Å². The number of methoxy groups -OCH3 is 1. The third-order valence-corrected chi connectivity index (χ3v) is 3.80. The number of hydrogen-bond donors (Lipinski definition) is 1. The fraction of sp³-hybridized carbons (Fsp3) is 0.571. The van der Waals surface area contributed by atoms with E-state index in [2.05, 4.69) is 5.32 Å². The predicted molar refractivity (Wildman–Crippen MR) is 66.7 cm³/mol. The van der Waals surface area contributed by atoms with Gasteiger partial charge >= 0.3 is 0 Å². The van der Waals surface area contributed by atoms with Gasteiger partial charge in [0, 0.05) is 13.5 Å². The molecule has 0 bridgehead atoms. The van der Waals surface area contributed by atoms with Gasteiger partial charge in [-0.25, -0.2) is 4.39 Å². The van der Waals surface area contributed by atoms with Gasteiger partial charge in [-0.1, -0.05) is 12.1 Å². The zero-order valence-electron chi connectivity index (χ0n) is 10.6. The first-order chi connectivity index (χ1) is 8.17. The number of piperidine rings is 1. The molecule has 1 aliphatic heterocycles. The highest BCUT2D eigenvalue weighted by molar-refractivity contribution is 5.29. The van der Waals surface area contributed by atoms with Crippen LogP contribution >= 0.6 is 0 Å². The summed E-state index contributed by atoms with van der Waals surface area (Å²) in [5.74, 6) is -0.111. The van der Waals surface area contributed by atoms with E-state index >= 15 is 0 Å². The molecule has 0 unspecified atom stereocenters. The minimum atomic E-state index is -0.196. The summed E-state index contributed by atoms with van der Waals surface area (Å²) in [6.45, 7) is 3.85. The summed E-state index contributed by atoms with van der Waals surface area (Å²) >= 11 is 0. The Kier molecular flexibility index (Phi) is 3.79. The number of nitrogens with one attached hydrogen (secondary N) is 1. The molecule has 1 aliphatic rings. The minimum absolute atomic E-state index is 0.111. The molecule has 94 valence electrons. The average Bonchev–Trinajstić information content (AvgIpc) is 2.35. The van der Waals surface area contributed by atoms with Gasteiger partial charge in [0.05, 0.1) is 5.60 Å². The van der Waals surface area contributed by atoms with Gasteiger partial charge in [0.15, 0.2) is 0 Å². The first-order valence-electron chi connectivity index (χ1n) is 6.17. The van der Waals surface area contributed by atoms with Crippen LogP contribution in [0.25, 0.3) is 0 Å². The molecular formula is C14H20FNO. The Labute approximate surface area is 102 Å². The lowest BCUT2D eigenvalue weighted by molar-refractivity contribution is -0.0340. The molecule has 0 atom stereocenters. The van der Waals surface area contributed by atoms with E-state index in [1.54, 1.807) is 13.2 Å². The van der Waals surface area contributed by atoms with Gasteiger partial charge < -0.3 is 10.1 Å². The fourth-order valence-corrected chi connectivity index (χ4v) is 2.55. The van der Waals surface area contributed by atoms with Crippen LogP contribution in [-0.4, -0.2) is 25.8 Å². The van der Waals surface area contributed by atoms with Crippen LogP contribution in [0.5, 0.6) is 0 Å². The Morgan fingerprint density at radius 3 is 2.65 bits per heavy atom. The molecule has 1 heterocycles. The highest BCUT2D eigenvalue weighted by Gasteiger charge is 2.33. The molecule has 0 aromatic heterocycles. The number of aryl methyl sites for hydroxylation is 1. The first kappa shape index (κ1) is 12.5. The van der Waals surface area contributed by atoms with Crippen LogP contribution in [0.3, 0.4) is 0 Å². The van der Waals surface area contributed by atoms with Crippen LogP contribution in [0.1, 0.15) is 24.0 Å². The van der Waals surface area contributed by atoms with Gasteiger partial charge in [0.2, 0.25) is 0 Å². The molecule has 17 heavy (non-hydrogen) atoms. The van der Waals surface area contributed by atoms with E-state index in [1.807, 2.05) is 13.0 Å². The molecule has 0 radical (unpaired) electrons. The second kappa shape index (κ2) is 5.15. The zero-order valence-corrected chi connectivity index (χ0v) is 10.6. The topological polar surface area (TPSA) is 21.3 Å². The average molecular weight is 237 g/mol. The SMILES string of the molecule is COC1(Cc2c(C)cccc2F)CCNCC1. The largest absolute Gasteiger partial charge is 0.378 e. The molecule has 1 aromatic carbocycles. The van der Waals surface area contributed by atoms with Gasteiger partial charge in [0.25, 0.3) is 0 Å². The second-order valence-corrected chi connectivity index (χ2v) is 4.85. The van der Waals surface area contributed by atoms with E-state index in [4.69, 9.17) is 4.74 Å². The third-order valence-electron chi connectivity index (χ3n) is 3.80. The van der Waals surface area contributed by atoms with Crippen LogP contribution in [0, 0.1) is 12.7 Å². The van der Waals surface area contributed by atoms with Gasteiger partial charge in [0.1, 0.15) is 5.82 Å². The summed E-state index contributed by atoms with van der Waals surface area (Å²) < 4.78 is 19.5. The number of rotatable bonds is 3. The van der Waals surface area contributed by atoms with Crippen molar-refractivity contribution >= 4 is 0 Å². The van der Waals surface area contributed by atoms with Crippen LogP contribution < -0.4 is 5.32 Å². The van der Waals surface area contributed by atoms with Crippen molar-refractivity contribution < 1.29 is 9.13 Å². The fourth-order valence-electron chi connectivity index (χ4n) is 2.55. The van der Waals surface area contributed by atoms with Gasteiger partial charge in [-0.15, -0.1) is 0 Å². The molecule has 1 saturated heterocycles. The maximum absolute atomic E-state index is 13.8. The molecule has 3 heteroatoms. The molecule has 0 spiro atoms. The highest BCUT2D eigenvalue weighted by Crippen LogP contribution is 2.29. The van der Waals surface area contributed by atoms with Crippen molar-refractivity contribution in [3.8, 4) is 0 Å². The molecule has 0 amide bonds. The number of benzene rings is 1. The Balaban J connectivity index is 2.23. The smallest absolute Gasteiger partial charge is 0.126 e. The van der Waals surface area contributed by atoms with Crippen molar-refractivity contribution in [2.24, 2.45) is 0 Å². The number of halogens is 1. The summed E-state index contributed by atoms with van der Waals surface area (Å²) in [7, 11) is 1.74. The number of hydrogen-bond acceptors (Lipinski definition) is 2. The van der Waals surface area contributed by atoms with Crippen molar-refractivity contribution in [3.05, 3.63) is 35.1 Å². The summed E-state index contributed by atoms with van der Waals surface area (Å²) in [5, 5.41) is 3.32. The molecule has 1 aromatic rings. The second-order valence-electron chi connectivity index (χ2n) is 4.85. The Hall–Kier alpha value is -0.930. The van der Waals surface area contributed by atoms with E-state index in [0.717, 1.165) is 37.1 Å². The maximum Gasteiger partial charge on any atom is 0.126 e. The maximum atomic E-state index is 13.8. The normalized spacial score (nSPS) is 19.2. The van der Waals surface area contributed by atoms with Crippen molar-refractivity contribution in [2.75, 3.05) is 20.2 Å². The molecule has 1 N–H and O–H groups in total. The summed E-state index contributed by atoms with van der Waals surface area (Å²) in [5.41, 5.74) is 1.62. The van der Waals surface area contributed by atoms with E-state index in [0.29, 0.717) is 6.42 Å². The van der Waals surface area contributed by atoms with E-state index in [-0.39, 0.29) is 11.4 Å². The number of ether oxygens (including phenoxy) is 1. The van der Waals surface area contributed by atoms with Gasteiger partial charge in [-0.2, -0.15) is 0 Å². The lowest BCUT2D eigenvalue weighted by Crippen LogP contribution is -2.45. The van der Waals surface area contributed by atoms with Crippen molar-refractivity contribution in [1.29, 1.82) is 0 Å². The highest BCUT2D eigenvalue weighted by atomic mass is 19.1. The lowest BCUT2D eigenvalue weighted by Gasteiger charge is -2.37. The summed E-state index contributed by atoms with van der Waals surface area (Å²) in [6, 6.07) is 5.26. The van der Waals surface area contributed by atoms with Gasteiger partial charge in [-0.3, -0.25) is 0 Å². The molecule has 1 fully saturated rings. The Morgan fingerprint density at radius 2 is 2.06 bits per heavy atom. The summed E-state index contributed by atoms with van der Waals surface area (Å²) in [6.07, 6.45) is 2.55. The summed E-state index contributed by atoms with van der Waals surface area (Å²) in [4.78, 5) is 0. The Morgan fingerprint density at radius 1 is 1.35 bits per heavy atom. The first-order valence-corrected chi connectivity index (χ1v) is 6.17. The molecular weight excluding hydrogens is 217 g/mol. The van der Waals surface area contributed by atoms with Crippen LogP contribution in [-0.2, 0) is 11.2 Å². The van der Waals surface area contributed by atoms with Crippen LogP contribution in [0.15, 0.2) is 18.2 Å². The third kappa shape index (κ3) is 2.67. The monoisotopic (exact) mass is 237 g/mol. The van der Waals surface area contributed by atoms with Crippen molar-refractivity contribution in [1.82, 2.24) is 5.32 Å². The quantitative estimate of drug-likeness (QED) is 0.872. The van der Waals surface area contributed by atoms with Crippen molar-refractivity contribution in [3.63, 3.8) is 0 Å². The molecule has 0 saturated carbocycles. The van der Waals surface area contributed by atoms with E-state index < -0.39 is 0 Å². The van der Waals surface area contributed by atoms with Crippen LogP contribution in [0.2, 0.25) is 0 Å². The molecule has 0 aliphatic carbocycles. The Bertz CT molecular complexity index is 366. The molecule has 2 nitrogen and oxygen atoms in total. The minimum Gasteiger partial charge on any atom is -0.378 e. The van der Waals surface area contributed by atoms with E-state index in [9.17, 15) is 4.39 Å². The standard InChI is InChI=1S/C14H20FNO/c1-11-4-3-5-13(15)12(11)10-14(17-2)6-8-16-9-7-14/h3-5,16H,6-10H2,1-2H3. The van der Waals surface area contributed by atoms with Gasteiger partial charge in [-0.05, 0) is 50.0 Å². The van der Waals surface area contributed by atoms with Crippen molar-refractivity contribution in [2.45, 2.75) is 31.8 Å². The molecule has 2 rings (SSSR count). The lowest BCUT2D eigenvalue weighted by atomic mass is 9.84.